The molecular weight excluding hydrogens is 331 g/mol. The summed E-state index contributed by atoms with van der Waals surface area (Å²) in [5.74, 6) is 0.287. The smallest absolute Gasteiger partial charge is 0.184 e. The number of hydrogen-bond acceptors (Lipinski definition) is 3. The fraction of sp³-hybridized carbons (Fsp3) is 0. The molecule has 0 atom stereocenters. The Morgan fingerprint density at radius 2 is 2.07 bits per heavy atom. The Labute approximate surface area is 102 Å². The molecule has 0 aliphatic carbocycles. The molecule has 1 aromatic heterocycles. The van der Waals surface area contributed by atoms with Crippen LogP contribution in [0.25, 0.3) is 11.3 Å². The number of benzene rings is 1. The Morgan fingerprint density at radius 3 is 2.67 bits per heavy atom. The molecule has 1 aromatic carbocycles. The summed E-state index contributed by atoms with van der Waals surface area (Å²) in [5, 5.41) is 3.58. The molecule has 1 heterocycles. The van der Waals surface area contributed by atoms with Crippen molar-refractivity contribution < 1.29 is 8.91 Å². The van der Waals surface area contributed by atoms with Crippen LogP contribution in [0.4, 0.5) is 10.2 Å². The van der Waals surface area contributed by atoms with E-state index in [0.717, 1.165) is 0 Å². The second kappa shape index (κ2) is 3.94. The molecule has 15 heavy (non-hydrogen) atoms. The topological polar surface area (TPSA) is 52.0 Å². The van der Waals surface area contributed by atoms with Gasteiger partial charge in [-0.2, -0.15) is 0 Å². The van der Waals surface area contributed by atoms with Crippen molar-refractivity contribution >= 4 is 37.7 Å². The maximum atomic E-state index is 13.0. The average molecular weight is 336 g/mol. The summed E-state index contributed by atoms with van der Waals surface area (Å²) >= 11 is 6.52. The molecule has 0 saturated heterocycles. The third kappa shape index (κ3) is 1.91. The summed E-state index contributed by atoms with van der Waals surface area (Å²) in [5.41, 5.74) is 6.07. The van der Waals surface area contributed by atoms with Gasteiger partial charge < -0.3 is 10.3 Å². The van der Waals surface area contributed by atoms with Gasteiger partial charge in [-0.05, 0) is 34.1 Å². The zero-order valence-electron chi connectivity index (χ0n) is 7.30. The minimum absolute atomic E-state index is 0.237. The van der Waals surface area contributed by atoms with Crippen LogP contribution in [0.15, 0.2) is 31.7 Å². The van der Waals surface area contributed by atoms with Gasteiger partial charge in [0.2, 0.25) is 0 Å². The summed E-state index contributed by atoms with van der Waals surface area (Å²) < 4.78 is 19.3. The summed E-state index contributed by atoms with van der Waals surface area (Å²) in [6, 6.07) is 4.28. The molecule has 78 valence electrons. The second-order valence-electron chi connectivity index (χ2n) is 2.84. The average Bonchev–Trinajstić information content (AvgIpc) is 2.52. The lowest BCUT2D eigenvalue weighted by Crippen LogP contribution is -1.84. The predicted octanol–water partition coefficient (Wildman–Crippen LogP) is 3.59. The molecule has 2 N–H and O–H groups in total. The van der Waals surface area contributed by atoms with Gasteiger partial charge in [0.05, 0.1) is 0 Å². The Hall–Kier alpha value is -0.880. The van der Waals surface area contributed by atoms with Crippen LogP contribution >= 0.6 is 31.9 Å². The molecule has 0 radical (unpaired) electrons. The first kappa shape index (κ1) is 10.6. The molecule has 2 aromatic rings. The first-order valence-electron chi connectivity index (χ1n) is 3.95. The lowest BCUT2D eigenvalue weighted by Gasteiger charge is -2.00. The third-order valence-electron chi connectivity index (χ3n) is 1.83. The van der Waals surface area contributed by atoms with Crippen molar-refractivity contribution in [1.82, 2.24) is 5.16 Å². The van der Waals surface area contributed by atoms with E-state index in [-0.39, 0.29) is 11.6 Å². The van der Waals surface area contributed by atoms with Gasteiger partial charge in [-0.25, -0.2) is 4.39 Å². The van der Waals surface area contributed by atoms with E-state index in [9.17, 15) is 4.39 Å². The van der Waals surface area contributed by atoms with Crippen molar-refractivity contribution in [2.24, 2.45) is 0 Å². The molecule has 0 bridgehead atoms. The number of anilines is 1. The SMILES string of the molecule is Nc1noc(-c2cc(F)ccc2Br)c1Br. The van der Waals surface area contributed by atoms with Crippen molar-refractivity contribution in [3.63, 3.8) is 0 Å². The third-order valence-corrected chi connectivity index (χ3v) is 3.29. The van der Waals surface area contributed by atoms with E-state index in [1.165, 1.54) is 12.1 Å². The number of nitrogen functional groups attached to an aromatic ring is 1. The zero-order chi connectivity index (χ0) is 11.0. The predicted molar refractivity (Wildman–Crippen MR) is 61.7 cm³/mol. The summed E-state index contributed by atoms with van der Waals surface area (Å²) in [6.07, 6.45) is 0. The minimum Gasteiger partial charge on any atom is -0.380 e. The largest absolute Gasteiger partial charge is 0.380 e. The van der Waals surface area contributed by atoms with Crippen molar-refractivity contribution in [1.29, 1.82) is 0 Å². The minimum atomic E-state index is -0.352. The van der Waals surface area contributed by atoms with Crippen molar-refractivity contribution in [3.05, 3.63) is 33.0 Å². The van der Waals surface area contributed by atoms with E-state index in [1.54, 1.807) is 6.07 Å². The highest BCUT2D eigenvalue weighted by molar-refractivity contribution is 9.11. The van der Waals surface area contributed by atoms with Crippen molar-refractivity contribution in [2.45, 2.75) is 0 Å². The number of nitrogens with zero attached hydrogens (tertiary/aromatic N) is 1. The number of halogens is 3. The molecule has 3 nitrogen and oxygen atoms in total. The highest BCUT2D eigenvalue weighted by Crippen LogP contribution is 2.36. The monoisotopic (exact) mass is 334 g/mol. The Bertz CT molecular complexity index is 513. The molecule has 0 aliphatic heterocycles. The van der Waals surface area contributed by atoms with E-state index in [2.05, 4.69) is 37.0 Å². The normalized spacial score (nSPS) is 10.6. The second-order valence-corrected chi connectivity index (χ2v) is 4.48. The van der Waals surface area contributed by atoms with Gasteiger partial charge in [0.25, 0.3) is 0 Å². The molecule has 0 unspecified atom stereocenters. The van der Waals surface area contributed by atoms with Gasteiger partial charge in [0, 0.05) is 10.0 Å². The highest BCUT2D eigenvalue weighted by Gasteiger charge is 2.16. The summed E-state index contributed by atoms with van der Waals surface area (Å²) in [4.78, 5) is 0. The fourth-order valence-electron chi connectivity index (χ4n) is 1.13. The van der Waals surface area contributed by atoms with Gasteiger partial charge in [0.15, 0.2) is 11.6 Å². The number of aromatic nitrogens is 1. The van der Waals surface area contributed by atoms with Gasteiger partial charge in [-0.3, -0.25) is 0 Å². The van der Waals surface area contributed by atoms with Gasteiger partial charge in [0.1, 0.15) is 10.3 Å². The first-order valence-corrected chi connectivity index (χ1v) is 5.54. The van der Waals surface area contributed by atoms with Crippen molar-refractivity contribution in [3.8, 4) is 11.3 Å². The first-order chi connectivity index (χ1) is 7.09. The maximum Gasteiger partial charge on any atom is 0.184 e. The van der Waals surface area contributed by atoms with Crippen molar-refractivity contribution in [2.75, 3.05) is 5.73 Å². The Balaban J connectivity index is 2.63. The molecule has 6 heteroatoms. The van der Waals surface area contributed by atoms with Crippen LogP contribution in [0, 0.1) is 5.82 Å². The van der Waals surface area contributed by atoms with Gasteiger partial charge in [-0.1, -0.05) is 21.1 Å². The number of rotatable bonds is 1. The molecule has 0 amide bonds. The van der Waals surface area contributed by atoms with E-state index in [1.807, 2.05) is 0 Å². The number of hydrogen-bond donors (Lipinski definition) is 1. The molecule has 0 aliphatic rings. The van der Waals surface area contributed by atoms with E-state index in [4.69, 9.17) is 10.3 Å². The Kier molecular flexibility index (Phi) is 2.79. The van der Waals surface area contributed by atoms with E-state index in [0.29, 0.717) is 20.3 Å². The molecule has 2 rings (SSSR count). The summed E-state index contributed by atoms with van der Waals surface area (Å²) in [7, 11) is 0. The summed E-state index contributed by atoms with van der Waals surface area (Å²) in [6.45, 7) is 0. The van der Waals surface area contributed by atoms with Crippen LogP contribution in [0.3, 0.4) is 0 Å². The molecule has 0 saturated carbocycles. The highest BCUT2D eigenvalue weighted by atomic mass is 79.9. The molecule has 0 spiro atoms. The van der Waals surface area contributed by atoms with Gasteiger partial charge in [-0.15, -0.1) is 0 Å². The molecule has 0 fully saturated rings. The Morgan fingerprint density at radius 1 is 1.33 bits per heavy atom. The van der Waals surface area contributed by atoms with Gasteiger partial charge >= 0.3 is 0 Å². The van der Waals surface area contributed by atoms with Crippen LogP contribution in [-0.4, -0.2) is 5.16 Å². The van der Waals surface area contributed by atoms with E-state index >= 15 is 0 Å². The lowest BCUT2D eigenvalue weighted by molar-refractivity contribution is 0.435. The van der Waals surface area contributed by atoms with Crippen LogP contribution in [0.1, 0.15) is 0 Å². The quantitative estimate of drug-likeness (QED) is 0.866. The maximum absolute atomic E-state index is 13.0. The molecular formula is C9H5Br2FN2O. The van der Waals surface area contributed by atoms with Crippen LogP contribution in [0.5, 0.6) is 0 Å². The standard InChI is InChI=1S/C9H5Br2FN2O/c10-6-2-1-4(12)3-5(6)8-7(11)9(13)14-15-8/h1-3H,(H2,13,14). The van der Waals surface area contributed by atoms with Crippen LogP contribution in [0.2, 0.25) is 0 Å². The fourth-order valence-corrected chi connectivity index (χ4v) is 1.92. The lowest BCUT2D eigenvalue weighted by atomic mass is 10.2. The van der Waals surface area contributed by atoms with E-state index < -0.39 is 0 Å². The zero-order valence-corrected chi connectivity index (χ0v) is 10.5. The number of nitrogens with two attached hydrogens (primary N) is 1. The van der Waals surface area contributed by atoms with Crippen LogP contribution in [-0.2, 0) is 0 Å². The van der Waals surface area contributed by atoms with Crippen LogP contribution < -0.4 is 5.73 Å².